The van der Waals surface area contributed by atoms with E-state index in [-0.39, 0.29) is 5.95 Å². The maximum Gasteiger partial charge on any atom is 0.427 e. The molecule has 42 heavy (non-hydrogen) atoms. The zero-order chi connectivity index (χ0) is 32.2. The molecule has 2 rings (SSSR count). The van der Waals surface area contributed by atoms with E-state index in [1.165, 1.54) is 0 Å². The molecule has 2 aromatic rings. The van der Waals surface area contributed by atoms with Crippen LogP contribution in [0.5, 0.6) is 0 Å². The third-order valence-electron chi connectivity index (χ3n) is 7.07. The zero-order valence-electron chi connectivity index (χ0n) is 27.5. The smallest absolute Gasteiger partial charge is 0.427 e. The van der Waals surface area contributed by atoms with Gasteiger partial charge in [0.15, 0.2) is 0 Å². The lowest BCUT2D eigenvalue weighted by molar-refractivity contribution is 0.0427. The topological polar surface area (TPSA) is 105 Å². The predicted octanol–water partition coefficient (Wildman–Crippen LogP) is 8.57. The summed E-state index contributed by atoms with van der Waals surface area (Å²) in [5.74, 6) is 3.11. The van der Waals surface area contributed by atoms with E-state index in [0.717, 1.165) is 0 Å². The SMILES string of the molecule is Cc1c(C#N)cccc1-c1cc(C#C[Si](C(C)C)(C(C)C)C(C)C)nc(N(C(=O)OC(C)(C)C)C(=O)OC(C)(C)C)n1. The summed E-state index contributed by atoms with van der Waals surface area (Å²) >= 11 is 0. The molecule has 1 aromatic heterocycles. The van der Waals surface area contributed by atoms with Crippen LogP contribution < -0.4 is 4.90 Å². The zero-order valence-corrected chi connectivity index (χ0v) is 28.5. The fraction of sp³-hybridized carbons (Fsp3) is 0.545. The first-order valence-corrected chi connectivity index (χ1v) is 16.6. The maximum atomic E-state index is 13.4. The highest BCUT2D eigenvalue weighted by Crippen LogP contribution is 2.41. The van der Waals surface area contributed by atoms with E-state index < -0.39 is 31.5 Å². The van der Waals surface area contributed by atoms with Crippen molar-refractivity contribution in [3.63, 3.8) is 0 Å². The number of benzene rings is 1. The van der Waals surface area contributed by atoms with Crippen LogP contribution in [0.3, 0.4) is 0 Å². The number of rotatable bonds is 5. The average Bonchev–Trinajstić information content (AvgIpc) is 2.81. The first-order chi connectivity index (χ1) is 19.2. The van der Waals surface area contributed by atoms with E-state index in [4.69, 9.17) is 9.47 Å². The Kier molecular flexibility index (Phi) is 10.8. The van der Waals surface area contributed by atoms with Gasteiger partial charge in [0.2, 0.25) is 5.95 Å². The van der Waals surface area contributed by atoms with E-state index in [1.807, 2.05) is 13.0 Å². The number of carbonyl (C=O) groups excluding carboxylic acids is 2. The lowest BCUT2D eigenvalue weighted by Crippen LogP contribution is -2.44. The highest BCUT2D eigenvalue weighted by atomic mass is 28.3. The quantitative estimate of drug-likeness (QED) is 0.254. The number of amides is 2. The highest BCUT2D eigenvalue weighted by molar-refractivity contribution is 6.90. The van der Waals surface area contributed by atoms with E-state index in [9.17, 15) is 14.9 Å². The molecular formula is C33H46N4O4Si. The van der Waals surface area contributed by atoms with Crippen LogP contribution in [0.4, 0.5) is 15.5 Å². The van der Waals surface area contributed by atoms with E-state index >= 15 is 0 Å². The van der Waals surface area contributed by atoms with Crippen LogP contribution in [0, 0.1) is 29.7 Å². The van der Waals surface area contributed by atoms with Gasteiger partial charge in [-0.05, 0) is 82.8 Å². The number of anilines is 1. The summed E-state index contributed by atoms with van der Waals surface area (Å²) in [7, 11) is -2.15. The Morgan fingerprint density at radius 1 is 0.881 bits per heavy atom. The van der Waals surface area contributed by atoms with Crippen molar-refractivity contribution in [1.29, 1.82) is 5.26 Å². The van der Waals surface area contributed by atoms with Crippen molar-refractivity contribution < 1.29 is 19.1 Å². The van der Waals surface area contributed by atoms with Gasteiger partial charge in [-0.25, -0.2) is 19.6 Å². The lowest BCUT2D eigenvalue weighted by Gasteiger charge is -2.38. The molecule has 9 heteroatoms. The van der Waals surface area contributed by atoms with Gasteiger partial charge in [-0.3, -0.25) is 0 Å². The molecule has 1 heterocycles. The summed E-state index contributed by atoms with van der Waals surface area (Å²) in [6.07, 6.45) is -1.93. The summed E-state index contributed by atoms with van der Waals surface area (Å²) in [5.41, 5.74) is 5.67. The van der Waals surface area contributed by atoms with Crippen LogP contribution >= 0.6 is 0 Å². The number of carbonyl (C=O) groups is 2. The van der Waals surface area contributed by atoms with Crippen LogP contribution in [0.2, 0.25) is 16.6 Å². The molecule has 0 aliphatic rings. The normalized spacial score (nSPS) is 12.1. The molecule has 0 N–H and O–H groups in total. The average molecular weight is 591 g/mol. The minimum absolute atomic E-state index is 0.215. The Labute approximate surface area is 252 Å². The van der Waals surface area contributed by atoms with Gasteiger partial charge in [0.05, 0.1) is 17.3 Å². The number of aromatic nitrogens is 2. The predicted molar refractivity (Wildman–Crippen MR) is 170 cm³/mol. The van der Waals surface area contributed by atoms with Gasteiger partial charge < -0.3 is 9.47 Å². The highest BCUT2D eigenvalue weighted by Gasteiger charge is 2.42. The summed E-state index contributed by atoms with van der Waals surface area (Å²) in [6, 6.07) is 9.27. The summed E-state index contributed by atoms with van der Waals surface area (Å²) < 4.78 is 11.2. The van der Waals surface area contributed by atoms with Crippen molar-refractivity contribution in [3.05, 3.63) is 41.1 Å². The minimum Gasteiger partial charge on any atom is -0.443 e. The number of nitriles is 1. The Balaban J connectivity index is 2.96. The first kappa shape index (κ1) is 34.5. The van der Waals surface area contributed by atoms with Crippen LogP contribution in [-0.4, -0.2) is 41.4 Å². The fourth-order valence-corrected chi connectivity index (χ4v) is 10.4. The van der Waals surface area contributed by atoms with Crippen molar-refractivity contribution in [1.82, 2.24) is 9.97 Å². The second-order valence-corrected chi connectivity index (χ2v) is 19.1. The molecule has 0 aliphatic carbocycles. The second-order valence-electron chi connectivity index (χ2n) is 13.5. The Bertz CT molecular complexity index is 1370. The summed E-state index contributed by atoms with van der Waals surface area (Å²) in [6.45, 7) is 25.4. The number of imide groups is 1. The van der Waals surface area contributed by atoms with E-state index in [1.54, 1.807) is 59.7 Å². The number of nitrogens with zero attached hydrogens (tertiary/aromatic N) is 4. The molecule has 2 amide bonds. The first-order valence-electron chi connectivity index (χ1n) is 14.4. The molecule has 0 fully saturated rings. The molecule has 0 aliphatic heterocycles. The molecule has 0 atom stereocenters. The van der Waals surface area contributed by atoms with Gasteiger partial charge in [-0.2, -0.15) is 5.26 Å². The molecule has 0 bridgehead atoms. The molecule has 0 unspecified atom stereocenters. The Hall–Kier alpha value is -3.69. The van der Waals surface area contributed by atoms with E-state index in [0.29, 0.717) is 49.6 Å². The van der Waals surface area contributed by atoms with Gasteiger partial charge in [0, 0.05) is 5.56 Å². The van der Waals surface area contributed by atoms with Crippen molar-refractivity contribution >= 4 is 26.2 Å². The van der Waals surface area contributed by atoms with Gasteiger partial charge in [-0.15, -0.1) is 10.4 Å². The van der Waals surface area contributed by atoms with Gasteiger partial charge in [0.1, 0.15) is 25.0 Å². The van der Waals surface area contributed by atoms with Gasteiger partial charge in [0.25, 0.3) is 0 Å². The van der Waals surface area contributed by atoms with Crippen LogP contribution in [0.25, 0.3) is 11.3 Å². The maximum absolute atomic E-state index is 13.4. The molecule has 8 nitrogen and oxygen atoms in total. The number of hydrogen-bond donors (Lipinski definition) is 0. The van der Waals surface area contributed by atoms with Crippen molar-refractivity contribution in [2.24, 2.45) is 0 Å². The molecule has 0 saturated heterocycles. The monoisotopic (exact) mass is 590 g/mol. The van der Waals surface area contributed by atoms with Gasteiger partial charge in [-0.1, -0.05) is 59.6 Å². The summed E-state index contributed by atoms with van der Waals surface area (Å²) in [4.78, 5) is 36.9. The third kappa shape index (κ3) is 8.20. The largest absolute Gasteiger partial charge is 0.443 e. The molecule has 0 spiro atoms. The van der Waals surface area contributed by atoms with Gasteiger partial charge >= 0.3 is 12.2 Å². The van der Waals surface area contributed by atoms with Crippen LogP contribution in [0.15, 0.2) is 24.3 Å². The van der Waals surface area contributed by atoms with E-state index in [2.05, 4.69) is 69.0 Å². The van der Waals surface area contributed by atoms with Crippen molar-refractivity contribution in [3.8, 4) is 28.8 Å². The molecule has 0 saturated carbocycles. The number of hydrogen-bond acceptors (Lipinski definition) is 7. The Morgan fingerprint density at radius 3 is 1.81 bits per heavy atom. The molecule has 1 aromatic carbocycles. The lowest BCUT2D eigenvalue weighted by atomic mass is 10.0. The third-order valence-corrected chi connectivity index (χ3v) is 13.4. The standard InChI is InChI=1S/C33H46N4O4Si/c1-21(2)42(22(3)4,23(5)6)18-17-26-19-28(27-16-14-15-25(20-34)24(27)7)36-29(35-26)37(30(38)40-32(8,9)10)31(39)41-33(11,12)13/h14-16,19,21-23H,1-13H3. The van der Waals surface area contributed by atoms with Crippen LogP contribution in [0.1, 0.15) is 99.9 Å². The van der Waals surface area contributed by atoms with Crippen molar-refractivity contribution in [2.75, 3.05) is 4.90 Å². The Morgan fingerprint density at radius 2 is 1.38 bits per heavy atom. The van der Waals surface area contributed by atoms with Crippen molar-refractivity contribution in [2.45, 2.75) is 118 Å². The molecule has 226 valence electrons. The second kappa shape index (κ2) is 13.1. The molecule has 0 radical (unpaired) electrons. The summed E-state index contributed by atoms with van der Waals surface area (Å²) in [5, 5.41) is 9.65. The molecular weight excluding hydrogens is 544 g/mol. The minimum atomic E-state index is -2.15. The fourth-order valence-electron chi connectivity index (χ4n) is 5.23. The number of ether oxygens (including phenoxy) is 2. The van der Waals surface area contributed by atoms with Crippen LogP contribution in [-0.2, 0) is 9.47 Å².